The summed E-state index contributed by atoms with van der Waals surface area (Å²) in [6.07, 6.45) is 1.55. The third kappa shape index (κ3) is 4.27. The first kappa shape index (κ1) is 18.1. The van der Waals surface area contributed by atoms with Crippen LogP contribution in [-0.4, -0.2) is 15.2 Å². The number of carbonyl (C=O) groups excluding carboxylic acids is 1. The monoisotopic (exact) mass is 386 g/mol. The summed E-state index contributed by atoms with van der Waals surface area (Å²) in [6.45, 7) is 2.30. The summed E-state index contributed by atoms with van der Waals surface area (Å²) < 4.78 is 6.20. The number of hydrogen-bond acceptors (Lipinski definition) is 6. The van der Waals surface area contributed by atoms with Crippen LogP contribution in [0.25, 0.3) is 6.08 Å². The molecule has 6 nitrogen and oxygen atoms in total. The molecule has 3 rings (SSSR count). The first-order chi connectivity index (χ1) is 12.4. The Hall–Kier alpha value is -2.71. The van der Waals surface area contributed by atoms with Gasteiger partial charge in [-0.3, -0.25) is 14.9 Å². The third-order valence-corrected chi connectivity index (χ3v) is 4.77. The van der Waals surface area contributed by atoms with Crippen LogP contribution in [0, 0.1) is 17.0 Å². The Morgan fingerprint density at radius 1 is 1.31 bits per heavy atom. The summed E-state index contributed by atoms with van der Waals surface area (Å²) in [4.78, 5) is 22.8. The van der Waals surface area contributed by atoms with Crippen LogP contribution < -0.4 is 10.1 Å². The van der Waals surface area contributed by atoms with Gasteiger partial charge >= 0.3 is 0 Å². The Morgan fingerprint density at radius 3 is 2.77 bits per heavy atom. The molecule has 0 bridgehead atoms. The number of rotatable bonds is 5. The Morgan fingerprint density at radius 2 is 2.12 bits per heavy atom. The summed E-state index contributed by atoms with van der Waals surface area (Å²) in [6, 6.07) is 12.2. The van der Waals surface area contributed by atoms with E-state index in [1.807, 2.05) is 31.2 Å². The van der Waals surface area contributed by atoms with E-state index in [0.29, 0.717) is 27.1 Å². The van der Waals surface area contributed by atoms with Gasteiger partial charge in [-0.2, -0.15) is 0 Å². The molecule has 0 unspecified atom stereocenters. The SMILES string of the molecule is Cc1cccc(COc2ccc([N+](=O)[O-])cc2/C=C2\SC(=S)NC2=O)c1. The Labute approximate surface area is 159 Å². The van der Waals surface area contributed by atoms with Crippen molar-refractivity contribution in [3.63, 3.8) is 0 Å². The van der Waals surface area contributed by atoms with Gasteiger partial charge in [0.1, 0.15) is 16.7 Å². The number of nitro benzene ring substituents is 1. The molecule has 1 amide bonds. The van der Waals surface area contributed by atoms with E-state index in [-0.39, 0.29) is 11.6 Å². The molecule has 132 valence electrons. The molecule has 1 N–H and O–H groups in total. The molecule has 1 fully saturated rings. The normalized spacial score (nSPS) is 15.2. The van der Waals surface area contributed by atoms with Crippen LogP contribution in [0.1, 0.15) is 16.7 Å². The van der Waals surface area contributed by atoms with Crippen LogP contribution in [0.2, 0.25) is 0 Å². The van der Waals surface area contributed by atoms with Crippen LogP contribution in [-0.2, 0) is 11.4 Å². The van der Waals surface area contributed by atoms with Gasteiger partial charge in [-0.1, -0.05) is 53.8 Å². The van der Waals surface area contributed by atoms with Gasteiger partial charge in [-0.25, -0.2) is 0 Å². The first-order valence-electron chi connectivity index (χ1n) is 7.64. The van der Waals surface area contributed by atoms with Gasteiger partial charge in [0.15, 0.2) is 0 Å². The van der Waals surface area contributed by atoms with Gasteiger partial charge in [0.05, 0.1) is 9.83 Å². The highest BCUT2D eigenvalue weighted by molar-refractivity contribution is 8.26. The molecule has 1 heterocycles. The fourth-order valence-corrected chi connectivity index (χ4v) is 3.45. The van der Waals surface area contributed by atoms with Crippen LogP contribution in [0.5, 0.6) is 5.75 Å². The van der Waals surface area contributed by atoms with E-state index in [2.05, 4.69) is 5.32 Å². The number of non-ortho nitro benzene ring substituents is 1. The fraction of sp³-hybridized carbons (Fsp3) is 0.111. The average molecular weight is 386 g/mol. The highest BCUT2D eigenvalue weighted by atomic mass is 32.2. The van der Waals surface area contributed by atoms with Gasteiger partial charge in [0, 0.05) is 17.7 Å². The van der Waals surface area contributed by atoms with Gasteiger partial charge in [0.25, 0.3) is 11.6 Å². The summed E-state index contributed by atoms with van der Waals surface area (Å²) >= 11 is 6.08. The number of benzene rings is 2. The molecule has 1 aliphatic heterocycles. The van der Waals surface area contributed by atoms with Gasteiger partial charge in [-0.05, 0) is 24.6 Å². The molecule has 0 atom stereocenters. The van der Waals surface area contributed by atoms with E-state index in [4.69, 9.17) is 17.0 Å². The first-order valence-corrected chi connectivity index (χ1v) is 8.86. The highest BCUT2D eigenvalue weighted by Gasteiger charge is 2.23. The van der Waals surface area contributed by atoms with Crippen molar-refractivity contribution in [2.45, 2.75) is 13.5 Å². The zero-order valence-electron chi connectivity index (χ0n) is 13.7. The number of amides is 1. The topological polar surface area (TPSA) is 81.5 Å². The Bertz CT molecular complexity index is 941. The van der Waals surface area contributed by atoms with E-state index in [0.717, 1.165) is 22.9 Å². The van der Waals surface area contributed by atoms with Crippen molar-refractivity contribution in [1.82, 2.24) is 5.32 Å². The lowest BCUT2D eigenvalue weighted by Gasteiger charge is -2.10. The maximum absolute atomic E-state index is 11.9. The van der Waals surface area contributed by atoms with E-state index < -0.39 is 4.92 Å². The molecule has 0 aliphatic carbocycles. The number of carbonyl (C=O) groups is 1. The maximum atomic E-state index is 11.9. The lowest BCUT2D eigenvalue weighted by Crippen LogP contribution is -2.17. The molecule has 2 aromatic carbocycles. The lowest BCUT2D eigenvalue weighted by atomic mass is 10.1. The zero-order valence-corrected chi connectivity index (χ0v) is 15.4. The highest BCUT2D eigenvalue weighted by Crippen LogP contribution is 2.32. The Balaban J connectivity index is 1.91. The Kier molecular flexibility index (Phi) is 5.34. The van der Waals surface area contributed by atoms with Crippen molar-refractivity contribution in [2.75, 3.05) is 0 Å². The molecule has 1 aliphatic rings. The summed E-state index contributed by atoms with van der Waals surface area (Å²) in [5, 5.41) is 13.6. The minimum atomic E-state index is -0.487. The number of aryl methyl sites for hydroxylation is 1. The second kappa shape index (κ2) is 7.67. The summed E-state index contributed by atoms with van der Waals surface area (Å²) in [5.74, 6) is 0.131. The maximum Gasteiger partial charge on any atom is 0.270 e. The van der Waals surface area contributed by atoms with E-state index in [1.165, 1.54) is 18.2 Å². The van der Waals surface area contributed by atoms with Crippen LogP contribution in [0.15, 0.2) is 47.4 Å². The van der Waals surface area contributed by atoms with E-state index >= 15 is 0 Å². The molecular weight excluding hydrogens is 372 g/mol. The molecule has 2 aromatic rings. The standard InChI is InChI=1S/C18H14N2O4S2/c1-11-3-2-4-12(7-11)10-24-15-6-5-14(20(22)23)8-13(15)9-16-17(21)19-18(25)26-16/h2-9H,10H2,1H3,(H,19,21,25)/b16-9-. The quantitative estimate of drug-likeness (QED) is 0.362. The largest absolute Gasteiger partial charge is 0.488 e. The number of hydrogen-bond donors (Lipinski definition) is 1. The zero-order chi connectivity index (χ0) is 18.7. The van der Waals surface area contributed by atoms with Crippen molar-refractivity contribution < 1.29 is 14.5 Å². The lowest BCUT2D eigenvalue weighted by molar-refractivity contribution is -0.384. The molecule has 8 heteroatoms. The third-order valence-electron chi connectivity index (χ3n) is 3.61. The minimum Gasteiger partial charge on any atom is -0.488 e. The van der Waals surface area contributed by atoms with Crippen LogP contribution >= 0.6 is 24.0 Å². The molecule has 26 heavy (non-hydrogen) atoms. The van der Waals surface area contributed by atoms with Gasteiger partial charge in [-0.15, -0.1) is 0 Å². The number of ether oxygens (including phenoxy) is 1. The number of thiocarbonyl (C=S) groups is 1. The average Bonchev–Trinajstić information content (AvgIpc) is 2.91. The van der Waals surface area contributed by atoms with E-state index in [1.54, 1.807) is 6.08 Å². The van der Waals surface area contributed by atoms with Crippen LogP contribution in [0.4, 0.5) is 5.69 Å². The van der Waals surface area contributed by atoms with Crippen molar-refractivity contribution >= 4 is 46.0 Å². The number of thioether (sulfide) groups is 1. The van der Waals surface area contributed by atoms with Crippen LogP contribution in [0.3, 0.4) is 0 Å². The number of nitrogens with zero attached hydrogens (tertiary/aromatic N) is 1. The van der Waals surface area contributed by atoms with Crippen molar-refractivity contribution in [3.8, 4) is 5.75 Å². The van der Waals surface area contributed by atoms with Crippen molar-refractivity contribution in [3.05, 3.63) is 74.2 Å². The van der Waals surface area contributed by atoms with Gasteiger partial charge in [0.2, 0.25) is 0 Å². The molecule has 0 aromatic heterocycles. The van der Waals surface area contributed by atoms with Crippen molar-refractivity contribution in [2.24, 2.45) is 0 Å². The number of nitrogens with one attached hydrogen (secondary N) is 1. The number of nitro groups is 1. The molecule has 1 saturated heterocycles. The molecule has 0 saturated carbocycles. The predicted molar refractivity (Wildman–Crippen MR) is 105 cm³/mol. The second-order valence-electron chi connectivity index (χ2n) is 5.61. The van der Waals surface area contributed by atoms with Gasteiger partial charge < -0.3 is 10.1 Å². The molecule has 0 radical (unpaired) electrons. The summed E-state index contributed by atoms with van der Waals surface area (Å²) in [7, 11) is 0. The minimum absolute atomic E-state index is 0.0780. The molecular formula is C18H14N2O4S2. The smallest absolute Gasteiger partial charge is 0.270 e. The fourth-order valence-electron chi connectivity index (χ4n) is 2.42. The van der Waals surface area contributed by atoms with E-state index in [9.17, 15) is 14.9 Å². The van der Waals surface area contributed by atoms with Crippen molar-refractivity contribution in [1.29, 1.82) is 0 Å². The second-order valence-corrected chi connectivity index (χ2v) is 7.33. The summed E-state index contributed by atoms with van der Waals surface area (Å²) in [5.41, 5.74) is 2.47. The predicted octanol–water partition coefficient (Wildman–Crippen LogP) is 3.97. The molecule has 0 spiro atoms.